The fourth-order valence-electron chi connectivity index (χ4n) is 2.46. The summed E-state index contributed by atoms with van der Waals surface area (Å²) in [6.07, 6.45) is 0. The zero-order valence-electron chi connectivity index (χ0n) is 12.3. The molecule has 1 fully saturated rings. The third-order valence-corrected chi connectivity index (χ3v) is 5.32. The van der Waals surface area contributed by atoms with Gasteiger partial charge in [-0.3, -0.25) is 9.00 Å². The zero-order valence-corrected chi connectivity index (χ0v) is 13.1. The molecule has 2 rings (SSSR count). The van der Waals surface area contributed by atoms with E-state index >= 15 is 0 Å². The molecule has 21 heavy (non-hydrogen) atoms. The van der Waals surface area contributed by atoms with Crippen molar-refractivity contribution in [3.05, 3.63) is 30.3 Å². The van der Waals surface area contributed by atoms with Crippen LogP contribution in [0.25, 0.3) is 0 Å². The Morgan fingerprint density at radius 3 is 2.43 bits per heavy atom. The smallest absolute Gasteiger partial charge is 0.238 e. The second-order valence-electron chi connectivity index (χ2n) is 5.10. The minimum Gasteiger partial charge on any atom is -0.395 e. The lowest BCUT2D eigenvalue weighted by Crippen LogP contribution is -2.51. The van der Waals surface area contributed by atoms with E-state index in [2.05, 4.69) is 17.0 Å². The molecule has 5 nitrogen and oxygen atoms in total. The largest absolute Gasteiger partial charge is 0.395 e. The number of rotatable bonds is 5. The van der Waals surface area contributed by atoms with Gasteiger partial charge in [0.1, 0.15) is 5.25 Å². The van der Waals surface area contributed by atoms with Crippen molar-refractivity contribution in [3.63, 3.8) is 0 Å². The van der Waals surface area contributed by atoms with Crippen LogP contribution in [0.1, 0.15) is 6.92 Å². The SMILES string of the molecule is CC(C(=O)N1CCN(c2ccccc2)CC1)S(=O)CCO. The number of aliphatic hydroxyl groups excluding tert-OH is 1. The summed E-state index contributed by atoms with van der Waals surface area (Å²) in [6.45, 7) is 4.40. The van der Waals surface area contributed by atoms with E-state index in [1.807, 2.05) is 18.2 Å². The van der Waals surface area contributed by atoms with Crippen molar-refractivity contribution in [2.24, 2.45) is 0 Å². The first kappa shape index (κ1) is 16.0. The molecular formula is C15H22N2O3S. The highest BCUT2D eigenvalue weighted by Gasteiger charge is 2.27. The van der Waals surface area contributed by atoms with Crippen LogP contribution in [0.15, 0.2) is 30.3 Å². The standard InChI is InChI=1S/C15H22N2O3S/c1-13(21(20)12-11-18)15(19)17-9-7-16(8-10-17)14-5-3-2-4-6-14/h2-6,13,18H,7-12H2,1H3. The molecule has 0 spiro atoms. The van der Waals surface area contributed by atoms with E-state index in [0.29, 0.717) is 13.1 Å². The van der Waals surface area contributed by atoms with E-state index in [9.17, 15) is 9.00 Å². The van der Waals surface area contributed by atoms with Crippen molar-refractivity contribution < 1.29 is 14.1 Å². The van der Waals surface area contributed by atoms with Crippen LogP contribution in [0.5, 0.6) is 0 Å². The van der Waals surface area contributed by atoms with E-state index in [-0.39, 0.29) is 18.3 Å². The molecule has 6 heteroatoms. The van der Waals surface area contributed by atoms with Crippen LogP contribution in [0.3, 0.4) is 0 Å². The molecule has 1 N–H and O–H groups in total. The van der Waals surface area contributed by atoms with Crippen molar-refractivity contribution in [3.8, 4) is 0 Å². The fraction of sp³-hybridized carbons (Fsp3) is 0.533. The first-order valence-corrected chi connectivity index (χ1v) is 8.58. The van der Waals surface area contributed by atoms with Gasteiger partial charge < -0.3 is 14.9 Å². The van der Waals surface area contributed by atoms with Crippen molar-refractivity contribution >= 4 is 22.4 Å². The Bertz CT molecular complexity index is 487. The molecule has 1 saturated heterocycles. The Kier molecular flexibility index (Phi) is 5.76. The van der Waals surface area contributed by atoms with Gasteiger partial charge in [-0.25, -0.2) is 0 Å². The number of anilines is 1. The summed E-state index contributed by atoms with van der Waals surface area (Å²) in [5.41, 5.74) is 1.17. The van der Waals surface area contributed by atoms with E-state index in [1.54, 1.807) is 11.8 Å². The highest BCUT2D eigenvalue weighted by atomic mass is 32.2. The number of carbonyl (C=O) groups is 1. The van der Waals surface area contributed by atoms with Crippen molar-refractivity contribution in [1.82, 2.24) is 4.90 Å². The Labute approximate surface area is 128 Å². The third kappa shape index (κ3) is 4.04. The lowest BCUT2D eigenvalue weighted by atomic mass is 10.2. The molecule has 1 aliphatic heterocycles. The molecule has 2 atom stereocenters. The normalized spacial score (nSPS) is 18.4. The van der Waals surface area contributed by atoms with Crippen molar-refractivity contribution in [1.29, 1.82) is 0 Å². The maximum Gasteiger partial charge on any atom is 0.238 e. The quantitative estimate of drug-likeness (QED) is 0.858. The molecule has 0 radical (unpaired) electrons. The van der Waals surface area contributed by atoms with Crippen LogP contribution in [0.2, 0.25) is 0 Å². The number of benzene rings is 1. The van der Waals surface area contributed by atoms with E-state index in [0.717, 1.165) is 13.1 Å². The lowest BCUT2D eigenvalue weighted by Gasteiger charge is -2.37. The Balaban J connectivity index is 1.89. The van der Waals surface area contributed by atoms with Gasteiger partial charge in [0.2, 0.25) is 5.91 Å². The summed E-state index contributed by atoms with van der Waals surface area (Å²) in [5, 5.41) is 8.27. The fourth-order valence-corrected chi connectivity index (χ4v) is 3.37. The lowest BCUT2D eigenvalue weighted by molar-refractivity contribution is -0.130. The Morgan fingerprint density at radius 1 is 1.24 bits per heavy atom. The molecule has 2 unspecified atom stereocenters. The van der Waals surface area contributed by atoms with Crippen LogP contribution < -0.4 is 4.90 Å². The van der Waals surface area contributed by atoms with Gasteiger partial charge in [0.05, 0.1) is 6.61 Å². The molecule has 0 aliphatic carbocycles. The summed E-state index contributed by atoms with van der Waals surface area (Å²) >= 11 is 0. The zero-order chi connectivity index (χ0) is 15.2. The van der Waals surface area contributed by atoms with Gasteiger partial charge in [0.25, 0.3) is 0 Å². The van der Waals surface area contributed by atoms with Gasteiger partial charge >= 0.3 is 0 Å². The maximum absolute atomic E-state index is 12.3. The summed E-state index contributed by atoms with van der Waals surface area (Å²) in [7, 11) is -1.30. The third-order valence-electron chi connectivity index (χ3n) is 3.75. The number of aliphatic hydroxyl groups is 1. The average molecular weight is 310 g/mol. The molecular weight excluding hydrogens is 288 g/mol. The first-order chi connectivity index (χ1) is 10.1. The Morgan fingerprint density at radius 2 is 1.86 bits per heavy atom. The number of nitrogens with zero attached hydrogens (tertiary/aromatic N) is 2. The van der Waals surface area contributed by atoms with Gasteiger partial charge in [-0.05, 0) is 19.1 Å². The van der Waals surface area contributed by atoms with Crippen LogP contribution in [-0.4, -0.2) is 63.9 Å². The molecule has 0 aromatic heterocycles. The molecule has 1 amide bonds. The summed E-state index contributed by atoms with van der Waals surface area (Å²) in [5.74, 6) is 0.0890. The number of para-hydroxylation sites is 1. The van der Waals surface area contributed by atoms with Crippen LogP contribution in [-0.2, 0) is 15.6 Å². The highest BCUT2D eigenvalue weighted by molar-refractivity contribution is 7.86. The average Bonchev–Trinajstić information content (AvgIpc) is 2.54. The highest BCUT2D eigenvalue weighted by Crippen LogP contribution is 2.16. The number of carbonyl (C=O) groups excluding carboxylic acids is 1. The maximum atomic E-state index is 12.3. The topological polar surface area (TPSA) is 60.9 Å². The van der Waals surface area contributed by atoms with Crippen LogP contribution in [0, 0.1) is 0 Å². The van der Waals surface area contributed by atoms with Gasteiger partial charge in [0.15, 0.2) is 0 Å². The minimum absolute atomic E-state index is 0.0745. The van der Waals surface area contributed by atoms with E-state index in [1.165, 1.54) is 5.69 Å². The van der Waals surface area contributed by atoms with Gasteiger partial charge in [-0.15, -0.1) is 0 Å². The van der Waals surface area contributed by atoms with Crippen LogP contribution >= 0.6 is 0 Å². The monoisotopic (exact) mass is 310 g/mol. The van der Waals surface area contributed by atoms with Gasteiger partial charge in [-0.1, -0.05) is 18.2 Å². The second kappa shape index (κ2) is 7.56. The molecule has 116 valence electrons. The Hall–Kier alpha value is -1.40. The van der Waals surface area contributed by atoms with Gasteiger partial charge in [-0.2, -0.15) is 0 Å². The molecule has 1 aromatic carbocycles. The molecule has 0 bridgehead atoms. The van der Waals surface area contributed by atoms with E-state index in [4.69, 9.17) is 5.11 Å². The molecule has 1 aromatic rings. The summed E-state index contributed by atoms with van der Waals surface area (Å²) in [4.78, 5) is 16.3. The van der Waals surface area contributed by atoms with Crippen LogP contribution in [0.4, 0.5) is 5.69 Å². The molecule has 1 heterocycles. The van der Waals surface area contributed by atoms with E-state index < -0.39 is 16.0 Å². The van der Waals surface area contributed by atoms with Gasteiger partial charge in [0, 0.05) is 48.4 Å². The second-order valence-corrected chi connectivity index (χ2v) is 6.98. The number of amides is 1. The summed E-state index contributed by atoms with van der Waals surface area (Å²) < 4.78 is 11.8. The number of hydrogen-bond acceptors (Lipinski definition) is 4. The minimum atomic E-state index is -1.30. The first-order valence-electron chi connectivity index (χ1n) is 7.20. The predicted molar refractivity (Wildman–Crippen MR) is 84.8 cm³/mol. The van der Waals surface area contributed by atoms with Crippen molar-refractivity contribution in [2.75, 3.05) is 43.4 Å². The number of piperazine rings is 1. The van der Waals surface area contributed by atoms with Crippen molar-refractivity contribution in [2.45, 2.75) is 12.2 Å². The predicted octanol–water partition coefficient (Wildman–Crippen LogP) is 0.465. The number of hydrogen-bond donors (Lipinski definition) is 1. The molecule has 0 saturated carbocycles. The molecule has 1 aliphatic rings. The summed E-state index contributed by atoms with van der Waals surface area (Å²) in [6, 6.07) is 10.1.